The van der Waals surface area contributed by atoms with Crippen molar-refractivity contribution in [1.29, 1.82) is 0 Å². The number of hydrogen-bond donors (Lipinski definition) is 3. The van der Waals surface area contributed by atoms with Gasteiger partial charge in [0.1, 0.15) is 0 Å². The number of rotatable bonds is 7. The van der Waals surface area contributed by atoms with Crippen molar-refractivity contribution in [2.75, 3.05) is 25.5 Å². The molecule has 1 aromatic rings. The number of aryl methyl sites for hydroxylation is 1. The zero-order valence-corrected chi connectivity index (χ0v) is 13.1. The molecule has 1 rings (SSSR count). The first kappa shape index (κ1) is 19.6. The van der Waals surface area contributed by atoms with Crippen LogP contribution in [-0.4, -0.2) is 48.0 Å². The third kappa shape index (κ3) is 7.39. The monoisotopic (exact) mass is 313 g/mol. The molecule has 124 valence electrons. The van der Waals surface area contributed by atoms with Crippen LogP contribution in [0.4, 0.5) is 5.82 Å². The van der Waals surface area contributed by atoms with Crippen LogP contribution in [0.3, 0.4) is 0 Å². The van der Waals surface area contributed by atoms with E-state index in [0.717, 1.165) is 13.0 Å². The Morgan fingerprint density at radius 3 is 2.64 bits per heavy atom. The van der Waals surface area contributed by atoms with E-state index in [-0.39, 0.29) is 24.6 Å². The topological polar surface area (TPSA) is 128 Å². The first-order valence-corrected chi connectivity index (χ1v) is 6.78. The van der Waals surface area contributed by atoms with E-state index in [4.69, 9.17) is 5.73 Å². The Hall–Kier alpha value is -2.42. The molecular formula is C13H23N5O4. The third-order valence-electron chi connectivity index (χ3n) is 2.42. The second kappa shape index (κ2) is 11.3. The number of ether oxygens (including phenoxy) is 1. The van der Waals surface area contributed by atoms with Gasteiger partial charge in [-0.05, 0) is 13.0 Å². The van der Waals surface area contributed by atoms with Gasteiger partial charge in [0.15, 0.2) is 5.82 Å². The maximum atomic E-state index is 11.7. The van der Waals surface area contributed by atoms with Crippen molar-refractivity contribution < 1.29 is 19.1 Å². The van der Waals surface area contributed by atoms with Crippen LogP contribution in [0.2, 0.25) is 0 Å². The summed E-state index contributed by atoms with van der Waals surface area (Å²) in [6, 6.07) is 0. The number of aromatic nitrogens is 2. The number of amides is 2. The number of nitrogens with zero attached hydrogens (tertiary/aromatic N) is 2. The van der Waals surface area contributed by atoms with Gasteiger partial charge >= 0.3 is 5.97 Å². The van der Waals surface area contributed by atoms with E-state index in [1.165, 1.54) is 17.9 Å². The quantitative estimate of drug-likeness (QED) is 0.465. The molecule has 0 radical (unpaired) electrons. The summed E-state index contributed by atoms with van der Waals surface area (Å²) in [6.45, 7) is 3.04. The minimum absolute atomic E-state index is 0.0894. The van der Waals surface area contributed by atoms with E-state index in [1.54, 1.807) is 7.05 Å². The predicted octanol–water partition coefficient (Wildman–Crippen LogP) is -0.364. The van der Waals surface area contributed by atoms with Gasteiger partial charge in [-0.25, -0.2) is 4.98 Å². The molecule has 0 spiro atoms. The molecule has 0 bridgehead atoms. The molecule has 22 heavy (non-hydrogen) atoms. The highest BCUT2D eigenvalue weighted by molar-refractivity contribution is 5.91. The highest BCUT2D eigenvalue weighted by atomic mass is 16.5. The van der Waals surface area contributed by atoms with Gasteiger partial charge in [-0.1, -0.05) is 6.92 Å². The summed E-state index contributed by atoms with van der Waals surface area (Å²) in [4.78, 5) is 36.7. The predicted molar refractivity (Wildman–Crippen MR) is 81.2 cm³/mol. The summed E-state index contributed by atoms with van der Waals surface area (Å²) in [6.07, 6.45) is 3.16. The van der Waals surface area contributed by atoms with Crippen molar-refractivity contribution >= 4 is 24.1 Å². The number of imidazole rings is 1. The number of methoxy groups -OCH3 is 1. The Morgan fingerprint density at radius 2 is 2.14 bits per heavy atom. The molecule has 9 nitrogen and oxygen atoms in total. The molecule has 0 saturated carbocycles. The number of carbonyl (C=O) groups is 3. The Labute approximate surface area is 129 Å². The summed E-state index contributed by atoms with van der Waals surface area (Å²) >= 11 is 0. The lowest BCUT2D eigenvalue weighted by atomic mass is 10.4. The van der Waals surface area contributed by atoms with Crippen molar-refractivity contribution in [2.24, 2.45) is 12.8 Å². The van der Waals surface area contributed by atoms with Crippen molar-refractivity contribution in [1.82, 2.24) is 14.9 Å². The molecular weight excluding hydrogens is 290 g/mol. The highest BCUT2D eigenvalue weighted by Gasteiger charge is 2.13. The first-order chi connectivity index (χ1) is 10.5. The van der Waals surface area contributed by atoms with Gasteiger partial charge in [-0.3, -0.25) is 14.4 Å². The summed E-state index contributed by atoms with van der Waals surface area (Å²) < 4.78 is 5.91. The molecule has 1 heterocycles. The van der Waals surface area contributed by atoms with Crippen LogP contribution in [0.5, 0.6) is 0 Å². The van der Waals surface area contributed by atoms with E-state index >= 15 is 0 Å². The normalized spacial score (nSPS) is 9.27. The summed E-state index contributed by atoms with van der Waals surface area (Å²) in [7, 11) is 2.90. The van der Waals surface area contributed by atoms with Gasteiger partial charge in [0, 0.05) is 19.8 Å². The molecule has 0 saturated heterocycles. The van der Waals surface area contributed by atoms with E-state index in [0.29, 0.717) is 6.41 Å². The second-order valence-corrected chi connectivity index (χ2v) is 4.19. The van der Waals surface area contributed by atoms with Crippen LogP contribution >= 0.6 is 0 Å². The van der Waals surface area contributed by atoms with E-state index in [1.807, 2.05) is 0 Å². The van der Waals surface area contributed by atoms with E-state index in [2.05, 4.69) is 27.3 Å². The summed E-state index contributed by atoms with van der Waals surface area (Å²) in [5.74, 6) is -0.409. The number of nitrogens with two attached hydrogens (primary N) is 1. The molecule has 0 aliphatic carbocycles. The van der Waals surface area contributed by atoms with Gasteiger partial charge in [0.2, 0.25) is 12.2 Å². The van der Waals surface area contributed by atoms with Gasteiger partial charge in [0.25, 0.3) is 5.91 Å². The van der Waals surface area contributed by atoms with Gasteiger partial charge in [-0.2, -0.15) is 0 Å². The average molecular weight is 313 g/mol. The molecule has 2 amide bonds. The highest BCUT2D eigenvalue weighted by Crippen LogP contribution is 2.05. The Kier molecular flexibility index (Phi) is 10.0. The van der Waals surface area contributed by atoms with Crippen LogP contribution in [0.1, 0.15) is 30.4 Å². The SMILES string of the molecule is CCCN.COC(=O)CCNC(=O)c1nc(NC=O)cn1C. The Bertz CT molecular complexity index is 485. The molecule has 1 aromatic heterocycles. The van der Waals surface area contributed by atoms with E-state index < -0.39 is 11.9 Å². The molecule has 4 N–H and O–H groups in total. The molecule has 0 aliphatic heterocycles. The smallest absolute Gasteiger partial charge is 0.307 e. The average Bonchev–Trinajstić information content (AvgIpc) is 2.88. The molecule has 0 atom stereocenters. The van der Waals surface area contributed by atoms with Crippen LogP contribution < -0.4 is 16.4 Å². The second-order valence-electron chi connectivity index (χ2n) is 4.19. The largest absolute Gasteiger partial charge is 0.469 e. The van der Waals surface area contributed by atoms with Crippen LogP contribution in [-0.2, 0) is 21.4 Å². The Balaban J connectivity index is 0.000000980. The molecule has 0 fully saturated rings. The van der Waals surface area contributed by atoms with Crippen LogP contribution in [0.15, 0.2) is 6.20 Å². The van der Waals surface area contributed by atoms with Crippen molar-refractivity contribution in [2.45, 2.75) is 19.8 Å². The molecule has 0 aliphatic rings. The Morgan fingerprint density at radius 1 is 1.50 bits per heavy atom. The minimum atomic E-state index is -0.430. The van der Waals surface area contributed by atoms with Crippen LogP contribution in [0.25, 0.3) is 0 Å². The van der Waals surface area contributed by atoms with Gasteiger partial charge < -0.3 is 25.7 Å². The van der Waals surface area contributed by atoms with Crippen molar-refractivity contribution in [3.8, 4) is 0 Å². The lowest BCUT2D eigenvalue weighted by molar-refractivity contribution is -0.140. The molecule has 0 aromatic carbocycles. The lowest BCUT2D eigenvalue weighted by Gasteiger charge is -2.03. The van der Waals surface area contributed by atoms with Gasteiger partial charge in [-0.15, -0.1) is 0 Å². The summed E-state index contributed by atoms with van der Waals surface area (Å²) in [5, 5.41) is 4.86. The maximum absolute atomic E-state index is 11.7. The number of anilines is 1. The first-order valence-electron chi connectivity index (χ1n) is 6.78. The minimum Gasteiger partial charge on any atom is -0.469 e. The number of hydrogen-bond acceptors (Lipinski definition) is 6. The fraction of sp³-hybridized carbons (Fsp3) is 0.538. The number of carbonyl (C=O) groups excluding carboxylic acids is 3. The standard InChI is InChI=1S/C10H14N4O4.C3H9N/c1-14-5-7(12-6-15)13-9(14)10(17)11-4-3-8(16)18-2;1-2-3-4/h5-6H,3-4H2,1-2H3,(H,11,17)(H,12,15);2-4H2,1H3. The summed E-state index contributed by atoms with van der Waals surface area (Å²) in [5.41, 5.74) is 5.03. The van der Waals surface area contributed by atoms with Crippen molar-refractivity contribution in [3.63, 3.8) is 0 Å². The number of nitrogens with one attached hydrogen (secondary N) is 2. The lowest BCUT2D eigenvalue weighted by Crippen LogP contribution is -2.28. The number of esters is 1. The van der Waals surface area contributed by atoms with E-state index in [9.17, 15) is 14.4 Å². The fourth-order valence-corrected chi connectivity index (χ4v) is 1.27. The van der Waals surface area contributed by atoms with Gasteiger partial charge in [0.05, 0.1) is 13.5 Å². The molecule has 9 heteroatoms. The van der Waals surface area contributed by atoms with Crippen molar-refractivity contribution in [3.05, 3.63) is 12.0 Å². The maximum Gasteiger partial charge on any atom is 0.307 e. The van der Waals surface area contributed by atoms with Crippen LogP contribution in [0, 0.1) is 0 Å². The zero-order valence-electron chi connectivity index (χ0n) is 13.1. The zero-order chi connectivity index (χ0) is 17.0. The molecule has 0 unspecified atom stereocenters. The fourth-order valence-electron chi connectivity index (χ4n) is 1.27. The third-order valence-corrected chi connectivity index (χ3v) is 2.42.